The zero-order valence-corrected chi connectivity index (χ0v) is 34.8. The Morgan fingerprint density at radius 1 is 0.317 bits per heavy atom. The Hall–Kier alpha value is -7.80. The summed E-state index contributed by atoms with van der Waals surface area (Å²) in [6.07, 6.45) is 10.1. The molecule has 0 atom stereocenters. The van der Waals surface area contributed by atoms with Crippen molar-refractivity contribution >= 4 is 54.7 Å². The van der Waals surface area contributed by atoms with Gasteiger partial charge in [0.1, 0.15) is 0 Å². The van der Waals surface area contributed by atoms with Gasteiger partial charge in [-0.3, -0.25) is 0 Å². The molecule has 3 aliphatic rings. The van der Waals surface area contributed by atoms with Crippen molar-refractivity contribution in [2.75, 3.05) is 0 Å². The lowest BCUT2D eigenvalue weighted by atomic mass is 9.80. The van der Waals surface area contributed by atoms with Crippen molar-refractivity contribution in [2.24, 2.45) is 0 Å². The molecule has 11 aromatic carbocycles. The van der Waals surface area contributed by atoms with Crippen LogP contribution < -0.4 is 0 Å². The molecule has 0 saturated carbocycles. The Morgan fingerprint density at radius 2 is 0.810 bits per heavy atom. The first kappa shape index (κ1) is 34.9. The first-order valence-corrected chi connectivity index (χ1v) is 22.4. The van der Waals surface area contributed by atoms with E-state index in [4.69, 9.17) is 0 Å². The fourth-order valence-electron chi connectivity index (χ4n) is 11.4. The van der Waals surface area contributed by atoms with Crippen LogP contribution in [0.2, 0.25) is 0 Å². The molecule has 292 valence electrons. The van der Waals surface area contributed by atoms with Gasteiger partial charge in [0, 0.05) is 0 Å². The third kappa shape index (κ3) is 5.28. The molecule has 0 amide bonds. The third-order valence-electron chi connectivity index (χ3n) is 14.5. The number of fused-ring (bicyclic) bond motifs is 3. The van der Waals surface area contributed by atoms with Gasteiger partial charge in [0.25, 0.3) is 0 Å². The van der Waals surface area contributed by atoms with E-state index >= 15 is 0 Å². The van der Waals surface area contributed by atoms with Gasteiger partial charge >= 0.3 is 0 Å². The van der Waals surface area contributed by atoms with Gasteiger partial charge in [-0.2, -0.15) is 0 Å². The van der Waals surface area contributed by atoms with E-state index in [1.54, 1.807) is 0 Å². The predicted octanol–water partition coefficient (Wildman–Crippen LogP) is 17.0. The van der Waals surface area contributed by atoms with Gasteiger partial charge in [0.05, 0.1) is 0 Å². The highest BCUT2D eigenvalue weighted by atomic mass is 14.3. The van der Waals surface area contributed by atoms with E-state index in [-0.39, 0.29) is 0 Å². The van der Waals surface area contributed by atoms with E-state index in [1.165, 1.54) is 143 Å². The Bertz CT molecular complexity index is 3760. The molecular weight excluding hydrogens is 757 g/mol. The Kier molecular flexibility index (Phi) is 7.39. The third-order valence-corrected chi connectivity index (χ3v) is 14.5. The molecule has 0 saturated heterocycles. The van der Waals surface area contributed by atoms with Crippen molar-refractivity contribution in [3.63, 3.8) is 0 Å². The number of benzene rings is 11. The lowest BCUT2D eigenvalue weighted by molar-refractivity contribution is 1.23. The van der Waals surface area contributed by atoms with Gasteiger partial charge in [-0.05, 0) is 169 Å². The van der Waals surface area contributed by atoms with Crippen LogP contribution in [0.15, 0.2) is 200 Å². The molecule has 0 aromatic heterocycles. The highest BCUT2D eigenvalue weighted by molar-refractivity contribution is 6.27. The lowest BCUT2D eigenvalue weighted by Crippen LogP contribution is -2.03. The van der Waals surface area contributed by atoms with Crippen molar-refractivity contribution in [3.8, 4) is 66.8 Å². The van der Waals surface area contributed by atoms with Gasteiger partial charge in [0.15, 0.2) is 0 Å². The molecule has 63 heavy (non-hydrogen) atoms. The molecule has 0 nitrogen and oxygen atoms in total. The average Bonchev–Trinajstić information content (AvgIpc) is 3.73. The molecule has 3 aliphatic carbocycles. The first-order valence-electron chi connectivity index (χ1n) is 22.4. The maximum atomic E-state index is 2.43. The lowest BCUT2D eigenvalue weighted by Gasteiger charge is -2.24. The maximum Gasteiger partial charge on any atom is -0.00134 e. The van der Waals surface area contributed by atoms with Crippen LogP contribution in [0.4, 0.5) is 0 Å². The fraction of sp³-hybridized carbons (Fsp3) is 0.0476. The second kappa shape index (κ2) is 13.3. The van der Waals surface area contributed by atoms with Crippen molar-refractivity contribution in [3.05, 3.63) is 228 Å². The summed E-state index contributed by atoms with van der Waals surface area (Å²) in [6.45, 7) is 0. The van der Waals surface area contributed by atoms with Crippen molar-refractivity contribution < 1.29 is 0 Å². The van der Waals surface area contributed by atoms with Crippen LogP contribution in [0.25, 0.3) is 122 Å². The maximum absolute atomic E-state index is 2.43. The Labute approximate surface area is 367 Å². The minimum absolute atomic E-state index is 1.02. The van der Waals surface area contributed by atoms with E-state index in [9.17, 15) is 0 Å². The standard InChI is InChI=1S/C63H40/c1-2-7-52-49(4-1)36-50-22-23-51(37-59(50)52)55-32-26-48-28-34-57-54(31-25-47-29-35-58(55)63(48)62(47)57)43-18-14-41(15-19-43)39-10-8-38(9-11-39)40-12-16-42(17-13-40)53-30-24-46-21-20-44-5-3-6-45-27-33-56(53)61(46)60(44)45/h1-4,6-20,22-35,37H,5,21,36H2. The SMILES string of the molecule is C1=Cc2ccc3c(-c4ccc(-c5ccc(-c6ccc(-c7ccc8ccc9c(-c%10ccc%11c(c%10)-c%10ccccc%10C%11)ccc%10ccc7c8c%109)cc6)cc5)cc4)ccc4c3c2C(=CC4)C1. The second-order valence-electron chi connectivity index (χ2n) is 17.9. The van der Waals surface area contributed by atoms with Crippen LogP contribution in [0.1, 0.15) is 34.2 Å². The van der Waals surface area contributed by atoms with E-state index in [2.05, 4.69) is 206 Å². The van der Waals surface area contributed by atoms with Crippen molar-refractivity contribution in [1.29, 1.82) is 0 Å². The summed E-state index contributed by atoms with van der Waals surface area (Å²) in [4.78, 5) is 0. The van der Waals surface area contributed by atoms with Gasteiger partial charge in [-0.15, -0.1) is 0 Å². The smallest absolute Gasteiger partial charge is 0.00134 e. The normalized spacial score (nSPS) is 13.6. The average molecular weight is 797 g/mol. The predicted molar refractivity (Wildman–Crippen MR) is 268 cm³/mol. The number of allylic oxidation sites excluding steroid dienone is 3. The number of hydrogen-bond acceptors (Lipinski definition) is 0. The van der Waals surface area contributed by atoms with Crippen molar-refractivity contribution in [1.82, 2.24) is 0 Å². The summed E-state index contributed by atoms with van der Waals surface area (Å²) in [5.41, 5.74) is 23.9. The molecule has 0 heteroatoms. The number of rotatable bonds is 5. The van der Waals surface area contributed by atoms with E-state index in [0.717, 1.165) is 19.3 Å². The zero-order valence-electron chi connectivity index (χ0n) is 34.8. The summed E-state index contributed by atoms with van der Waals surface area (Å²) in [6, 6.07) is 71.2. The van der Waals surface area contributed by atoms with Crippen LogP contribution in [0.3, 0.4) is 0 Å². The highest BCUT2D eigenvalue weighted by Gasteiger charge is 2.23. The molecule has 11 aromatic rings. The minimum Gasteiger partial charge on any atom is -0.0795 e. The summed E-state index contributed by atoms with van der Waals surface area (Å²) in [5.74, 6) is 0. The molecule has 0 heterocycles. The molecule has 0 unspecified atom stereocenters. The zero-order chi connectivity index (χ0) is 41.2. The largest absolute Gasteiger partial charge is 0.0795 e. The van der Waals surface area contributed by atoms with Crippen LogP contribution >= 0.6 is 0 Å². The molecule has 0 bridgehead atoms. The molecule has 0 radical (unpaired) electrons. The van der Waals surface area contributed by atoms with Crippen LogP contribution in [-0.4, -0.2) is 0 Å². The summed E-state index contributed by atoms with van der Waals surface area (Å²) in [5, 5.41) is 10.7. The molecule has 0 fully saturated rings. The van der Waals surface area contributed by atoms with Crippen LogP contribution in [0.5, 0.6) is 0 Å². The van der Waals surface area contributed by atoms with Gasteiger partial charge in [-0.25, -0.2) is 0 Å². The minimum atomic E-state index is 1.02. The van der Waals surface area contributed by atoms with Crippen LogP contribution in [0, 0.1) is 0 Å². The second-order valence-corrected chi connectivity index (χ2v) is 17.9. The summed E-state index contributed by atoms with van der Waals surface area (Å²) in [7, 11) is 0. The Balaban J connectivity index is 0.759. The topological polar surface area (TPSA) is 0 Å². The van der Waals surface area contributed by atoms with Crippen molar-refractivity contribution in [2.45, 2.75) is 19.3 Å². The molecule has 0 spiro atoms. The molecular formula is C63H40. The van der Waals surface area contributed by atoms with Gasteiger partial charge < -0.3 is 0 Å². The van der Waals surface area contributed by atoms with Gasteiger partial charge in [0.2, 0.25) is 0 Å². The van der Waals surface area contributed by atoms with E-state index < -0.39 is 0 Å². The van der Waals surface area contributed by atoms with Gasteiger partial charge in [-0.1, -0.05) is 200 Å². The molecule has 0 aliphatic heterocycles. The molecule has 14 rings (SSSR count). The highest BCUT2D eigenvalue weighted by Crippen LogP contribution is 2.46. The van der Waals surface area contributed by atoms with E-state index in [0.29, 0.717) is 0 Å². The quantitative estimate of drug-likeness (QED) is 0.152. The first-order chi connectivity index (χ1) is 31.2. The monoisotopic (exact) mass is 796 g/mol. The summed E-state index contributed by atoms with van der Waals surface area (Å²) >= 11 is 0. The molecule has 0 N–H and O–H groups in total. The van der Waals surface area contributed by atoms with E-state index in [1.807, 2.05) is 0 Å². The Morgan fingerprint density at radius 3 is 1.46 bits per heavy atom. The fourth-order valence-corrected chi connectivity index (χ4v) is 11.4. The van der Waals surface area contributed by atoms with Crippen LogP contribution in [-0.2, 0) is 12.8 Å². The summed E-state index contributed by atoms with van der Waals surface area (Å²) < 4.78 is 0. The number of hydrogen-bond donors (Lipinski definition) is 0.